The Hall–Kier alpha value is -2.01. The summed E-state index contributed by atoms with van der Waals surface area (Å²) in [5.41, 5.74) is 1.98. The number of hydrogen-bond donors (Lipinski definition) is 0. The lowest BCUT2D eigenvalue weighted by Crippen LogP contribution is -1.88. The first-order valence-electron chi connectivity index (χ1n) is 4.44. The van der Waals surface area contributed by atoms with Crippen molar-refractivity contribution in [2.24, 2.45) is 0 Å². The molecule has 0 aliphatic carbocycles. The smallest absolute Gasteiger partial charge is 0.0605 e. The van der Waals surface area contributed by atoms with Crippen LogP contribution in [0.4, 0.5) is 0 Å². The SMILES string of the molecule is Cc1ccn(C#Cc2ccccc2)n1. The summed E-state index contributed by atoms with van der Waals surface area (Å²) in [6, 6.07) is 14.7. The van der Waals surface area contributed by atoms with E-state index in [1.54, 1.807) is 4.68 Å². The van der Waals surface area contributed by atoms with Crippen LogP contribution in [0.1, 0.15) is 11.3 Å². The molecule has 0 aliphatic heterocycles. The van der Waals surface area contributed by atoms with Crippen LogP contribution >= 0.6 is 0 Å². The Morgan fingerprint density at radius 3 is 2.57 bits per heavy atom. The van der Waals surface area contributed by atoms with E-state index in [1.807, 2.05) is 49.5 Å². The summed E-state index contributed by atoms with van der Waals surface area (Å²) in [6.07, 6.45) is 1.85. The van der Waals surface area contributed by atoms with E-state index in [4.69, 9.17) is 0 Å². The Labute approximate surface area is 83.2 Å². The van der Waals surface area contributed by atoms with Gasteiger partial charge in [0.15, 0.2) is 0 Å². The van der Waals surface area contributed by atoms with E-state index < -0.39 is 0 Å². The normalized spacial score (nSPS) is 9.21. The Morgan fingerprint density at radius 2 is 1.93 bits per heavy atom. The van der Waals surface area contributed by atoms with Crippen molar-refractivity contribution in [3.63, 3.8) is 0 Å². The molecule has 14 heavy (non-hydrogen) atoms. The highest BCUT2D eigenvalue weighted by molar-refractivity contribution is 5.33. The first-order chi connectivity index (χ1) is 6.84. The predicted molar refractivity (Wildman–Crippen MR) is 55.7 cm³/mol. The third-order valence-electron chi connectivity index (χ3n) is 1.81. The molecule has 2 rings (SSSR count). The van der Waals surface area contributed by atoms with Crippen molar-refractivity contribution in [3.05, 3.63) is 53.9 Å². The molecule has 0 amide bonds. The van der Waals surface area contributed by atoms with E-state index in [2.05, 4.69) is 17.1 Å². The molecule has 0 spiro atoms. The zero-order chi connectivity index (χ0) is 9.80. The fourth-order valence-electron chi connectivity index (χ4n) is 1.12. The molecule has 1 aromatic heterocycles. The molecule has 2 aromatic rings. The van der Waals surface area contributed by atoms with Crippen LogP contribution in [0.5, 0.6) is 0 Å². The van der Waals surface area contributed by atoms with Crippen molar-refractivity contribution >= 4 is 0 Å². The van der Waals surface area contributed by atoms with Gasteiger partial charge in [-0.1, -0.05) is 18.2 Å². The number of aryl methyl sites for hydroxylation is 1. The lowest BCUT2D eigenvalue weighted by atomic mass is 10.2. The van der Waals surface area contributed by atoms with Crippen molar-refractivity contribution in [2.75, 3.05) is 0 Å². The van der Waals surface area contributed by atoms with Crippen molar-refractivity contribution in [2.45, 2.75) is 6.92 Å². The van der Waals surface area contributed by atoms with Crippen LogP contribution in [0.25, 0.3) is 0 Å². The maximum absolute atomic E-state index is 4.17. The molecule has 68 valence electrons. The Morgan fingerprint density at radius 1 is 1.14 bits per heavy atom. The van der Waals surface area contributed by atoms with E-state index in [-0.39, 0.29) is 0 Å². The van der Waals surface area contributed by atoms with Gasteiger partial charge in [0.25, 0.3) is 0 Å². The molecule has 0 fully saturated rings. The highest BCUT2D eigenvalue weighted by atomic mass is 15.2. The molecular weight excluding hydrogens is 172 g/mol. The maximum atomic E-state index is 4.17. The van der Waals surface area contributed by atoms with Gasteiger partial charge in [-0.2, -0.15) is 9.78 Å². The van der Waals surface area contributed by atoms with Crippen LogP contribution in [-0.2, 0) is 0 Å². The zero-order valence-electron chi connectivity index (χ0n) is 7.94. The minimum atomic E-state index is 0.979. The van der Waals surface area contributed by atoms with E-state index in [9.17, 15) is 0 Å². The Balaban J connectivity index is 2.23. The van der Waals surface area contributed by atoms with Crippen LogP contribution < -0.4 is 0 Å². The number of nitrogens with zero attached hydrogens (tertiary/aromatic N) is 2. The number of aromatic nitrogens is 2. The summed E-state index contributed by atoms with van der Waals surface area (Å²) in [7, 11) is 0. The van der Waals surface area contributed by atoms with Gasteiger partial charge in [0.05, 0.1) is 5.69 Å². The van der Waals surface area contributed by atoms with Crippen molar-refractivity contribution in [1.29, 1.82) is 0 Å². The molecule has 0 radical (unpaired) electrons. The van der Waals surface area contributed by atoms with Crippen LogP contribution in [0.15, 0.2) is 42.6 Å². The van der Waals surface area contributed by atoms with Gasteiger partial charge in [0.1, 0.15) is 0 Å². The van der Waals surface area contributed by atoms with Gasteiger partial charge in [-0.15, -0.1) is 0 Å². The summed E-state index contributed by atoms with van der Waals surface area (Å²) < 4.78 is 1.63. The second kappa shape index (κ2) is 3.80. The van der Waals surface area contributed by atoms with E-state index in [1.165, 1.54) is 0 Å². The molecule has 0 unspecified atom stereocenters. The summed E-state index contributed by atoms with van der Waals surface area (Å²) in [5, 5.41) is 4.17. The van der Waals surface area contributed by atoms with Crippen LogP contribution in [0.2, 0.25) is 0 Å². The Kier molecular flexibility index (Phi) is 2.33. The van der Waals surface area contributed by atoms with Gasteiger partial charge in [0, 0.05) is 17.8 Å². The average Bonchev–Trinajstić information content (AvgIpc) is 2.63. The minimum Gasteiger partial charge on any atom is -0.197 e. The number of hydrogen-bond acceptors (Lipinski definition) is 1. The number of rotatable bonds is 0. The van der Waals surface area contributed by atoms with Gasteiger partial charge in [0.2, 0.25) is 0 Å². The Bertz CT molecular complexity index is 472. The molecule has 0 saturated heterocycles. The average molecular weight is 182 g/mol. The fourth-order valence-corrected chi connectivity index (χ4v) is 1.12. The van der Waals surface area contributed by atoms with Crippen molar-refractivity contribution in [3.8, 4) is 12.0 Å². The molecule has 2 heteroatoms. The third-order valence-corrected chi connectivity index (χ3v) is 1.81. The van der Waals surface area contributed by atoms with E-state index in [0.29, 0.717) is 0 Å². The van der Waals surface area contributed by atoms with Gasteiger partial charge in [-0.25, -0.2) is 0 Å². The largest absolute Gasteiger partial charge is 0.197 e. The molecule has 0 atom stereocenters. The zero-order valence-corrected chi connectivity index (χ0v) is 7.94. The molecule has 0 aliphatic rings. The highest BCUT2D eigenvalue weighted by Crippen LogP contribution is 1.95. The first-order valence-corrected chi connectivity index (χ1v) is 4.44. The second-order valence-electron chi connectivity index (χ2n) is 3.00. The van der Waals surface area contributed by atoms with E-state index >= 15 is 0 Å². The molecule has 1 heterocycles. The summed E-state index contributed by atoms with van der Waals surface area (Å²) >= 11 is 0. The van der Waals surface area contributed by atoms with Gasteiger partial charge in [-0.3, -0.25) is 0 Å². The molecule has 0 saturated carbocycles. The standard InChI is InChI=1S/C12H10N2/c1-11-7-9-14(13-11)10-8-12-5-3-2-4-6-12/h2-7,9H,1H3. The molecule has 1 aromatic carbocycles. The predicted octanol–water partition coefficient (Wildman–Crippen LogP) is 2.05. The topological polar surface area (TPSA) is 17.8 Å². The maximum Gasteiger partial charge on any atom is 0.0605 e. The second-order valence-corrected chi connectivity index (χ2v) is 3.00. The first kappa shape index (κ1) is 8.58. The van der Waals surface area contributed by atoms with Gasteiger partial charge >= 0.3 is 0 Å². The van der Waals surface area contributed by atoms with Crippen LogP contribution in [0, 0.1) is 18.9 Å². The number of benzene rings is 1. The molecular formula is C12H10N2. The lowest BCUT2D eigenvalue weighted by Gasteiger charge is -1.87. The molecule has 0 N–H and O–H groups in total. The summed E-state index contributed by atoms with van der Waals surface area (Å²) in [5.74, 6) is 3.02. The molecule has 2 nitrogen and oxygen atoms in total. The van der Waals surface area contributed by atoms with Gasteiger partial charge < -0.3 is 0 Å². The lowest BCUT2D eigenvalue weighted by molar-refractivity contribution is 0.895. The van der Waals surface area contributed by atoms with Crippen molar-refractivity contribution < 1.29 is 0 Å². The summed E-state index contributed by atoms with van der Waals surface area (Å²) in [6.45, 7) is 1.95. The molecule has 0 bridgehead atoms. The quantitative estimate of drug-likeness (QED) is 0.570. The highest BCUT2D eigenvalue weighted by Gasteiger charge is 1.87. The van der Waals surface area contributed by atoms with Crippen LogP contribution in [0.3, 0.4) is 0 Å². The third kappa shape index (κ3) is 2.02. The van der Waals surface area contributed by atoms with Crippen LogP contribution in [-0.4, -0.2) is 9.78 Å². The van der Waals surface area contributed by atoms with Gasteiger partial charge in [-0.05, 0) is 31.0 Å². The van der Waals surface area contributed by atoms with E-state index in [0.717, 1.165) is 11.3 Å². The monoisotopic (exact) mass is 182 g/mol. The van der Waals surface area contributed by atoms with Crippen molar-refractivity contribution in [1.82, 2.24) is 9.78 Å². The summed E-state index contributed by atoms with van der Waals surface area (Å²) in [4.78, 5) is 0. The fraction of sp³-hybridized carbons (Fsp3) is 0.0833. The minimum absolute atomic E-state index is 0.979.